The van der Waals surface area contributed by atoms with Gasteiger partial charge in [0.2, 0.25) is 5.88 Å². The summed E-state index contributed by atoms with van der Waals surface area (Å²) < 4.78 is 12.2. The molecule has 150 valence electrons. The average molecular weight is 428 g/mol. The number of benzene rings is 2. The molecule has 0 fully saturated rings. The average Bonchev–Trinajstić information content (AvgIpc) is 3.05. The van der Waals surface area contributed by atoms with Crippen LogP contribution >= 0.6 is 23.2 Å². The molecule has 3 nitrogen and oxygen atoms in total. The molecule has 0 spiro atoms. The van der Waals surface area contributed by atoms with E-state index in [2.05, 4.69) is 18.8 Å². The molecule has 0 radical (unpaired) electrons. The van der Waals surface area contributed by atoms with Gasteiger partial charge in [0, 0.05) is 12.0 Å². The third-order valence-corrected chi connectivity index (χ3v) is 6.00. The summed E-state index contributed by atoms with van der Waals surface area (Å²) in [5, 5.41) is 1.20. The number of aromatic nitrogens is 1. The number of hydrogen-bond acceptors (Lipinski definition) is 3. The van der Waals surface area contributed by atoms with E-state index >= 15 is 0 Å². The Bertz CT molecular complexity index is 991. The van der Waals surface area contributed by atoms with Gasteiger partial charge in [-0.25, -0.2) is 4.98 Å². The van der Waals surface area contributed by atoms with E-state index in [1.54, 1.807) is 0 Å². The Kier molecular flexibility index (Phi) is 6.09. The van der Waals surface area contributed by atoms with Crippen LogP contribution in [0.15, 0.2) is 60.7 Å². The molecule has 0 saturated carbocycles. The fourth-order valence-corrected chi connectivity index (χ4v) is 4.34. The lowest BCUT2D eigenvalue weighted by Gasteiger charge is -2.24. The fourth-order valence-electron chi connectivity index (χ4n) is 3.98. The van der Waals surface area contributed by atoms with Crippen LogP contribution in [0.25, 0.3) is 0 Å². The highest BCUT2D eigenvalue weighted by atomic mass is 35.5. The summed E-state index contributed by atoms with van der Waals surface area (Å²) in [7, 11) is 0. The monoisotopic (exact) mass is 427 g/mol. The van der Waals surface area contributed by atoms with Gasteiger partial charge in [-0.2, -0.15) is 0 Å². The topological polar surface area (TPSA) is 31.4 Å². The highest BCUT2D eigenvalue weighted by molar-refractivity contribution is 6.42. The molecule has 3 aromatic rings. The zero-order chi connectivity index (χ0) is 20.4. The van der Waals surface area contributed by atoms with Crippen LogP contribution in [-0.2, 0) is 17.8 Å². The first-order valence-electron chi connectivity index (χ1n) is 9.79. The molecular formula is C24H23Cl2NO2. The molecular weight excluding hydrogens is 405 g/mol. The molecule has 29 heavy (non-hydrogen) atoms. The molecule has 2 aromatic carbocycles. The van der Waals surface area contributed by atoms with E-state index in [0.29, 0.717) is 28.5 Å². The maximum atomic E-state index is 6.33. The molecule has 0 unspecified atom stereocenters. The van der Waals surface area contributed by atoms with Crippen LogP contribution in [0.3, 0.4) is 0 Å². The Labute approximate surface area is 181 Å². The SMILES string of the molecule is CC(C)[C@@H]1c2cc(Cl)c(Cl)cc2C[C@H]1OCc1cccc(Oc2ccccc2)n1. The molecule has 0 aliphatic heterocycles. The van der Waals surface area contributed by atoms with Gasteiger partial charge in [-0.3, -0.25) is 0 Å². The van der Waals surface area contributed by atoms with Gasteiger partial charge in [0.05, 0.1) is 28.5 Å². The van der Waals surface area contributed by atoms with Gasteiger partial charge in [0.15, 0.2) is 0 Å². The molecule has 5 heteroatoms. The molecule has 1 aromatic heterocycles. The van der Waals surface area contributed by atoms with Crippen molar-refractivity contribution in [2.45, 2.75) is 38.9 Å². The van der Waals surface area contributed by atoms with E-state index in [4.69, 9.17) is 32.7 Å². The van der Waals surface area contributed by atoms with Crippen molar-refractivity contribution >= 4 is 23.2 Å². The first kappa shape index (κ1) is 20.2. The van der Waals surface area contributed by atoms with Gasteiger partial charge in [0.25, 0.3) is 0 Å². The summed E-state index contributed by atoms with van der Waals surface area (Å²) in [4.78, 5) is 4.59. The van der Waals surface area contributed by atoms with E-state index < -0.39 is 0 Å². The second-order valence-corrected chi connectivity index (χ2v) is 8.49. The standard InChI is InChI=1S/C24H23Cl2NO2/c1-15(2)24-19-13-21(26)20(25)11-16(19)12-22(24)28-14-17-7-6-10-23(27-17)29-18-8-4-3-5-9-18/h3-11,13,15,22,24H,12,14H2,1-2H3/t22-,24-/m1/s1. The van der Waals surface area contributed by atoms with Gasteiger partial charge < -0.3 is 9.47 Å². The summed E-state index contributed by atoms with van der Waals surface area (Å²) >= 11 is 12.5. The summed E-state index contributed by atoms with van der Waals surface area (Å²) in [6.07, 6.45) is 0.898. The molecule has 4 rings (SSSR count). The maximum absolute atomic E-state index is 6.33. The summed E-state index contributed by atoms with van der Waals surface area (Å²) in [5.74, 6) is 2.03. The molecule has 1 aliphatic carbocycles. The van der Waals surface area contributed by atoms with Crippen molar-refractivity contribution in [3.8, 4) is 11.6 Å². The Morgan fingerprint density at radius 2 is 1.76 bits per heavy atom. The number of halogens is 2. The number of rotatable bonds is 6. The lowest BCUT2D eigenvalue weighted by molar-refractivity contribution is 0.0187. The number of fused-ring (bicyclic) bond motifs is 1. The van der Waals surface area contributed by atoms with Gasteiger partial charge in [0.1, 0.15) is 5.75 Å². The van der Waals surface area contributed by atoms with Crippen LogP contribution in [0.4, 0.5) is 0 Å². The van der Waals surface area contributed by atoms with Crippen LogP contribution in [0, 0.1) is 5.92 Å². The predicted octanol–water partition coefficient (Wildman–Crippen LogP) is 7.06. The normalized spacial score (nSPS) is 18.1. The smallest absolute Gasteiger partial charge is 0.219 e. The van der Waals surface area contributed by atoms with Crippen molar-refractivity contribution in [3.05, 3.63) is 87.5 Å². The minimum absolute atomic E-state index is 0.0695. The lowest BCUT2D eigenvalue weighted by atomic mass is 9.88. The second-order valence-electron chi connectivity index (χ2n) is 7.67. The third kappa shape index (κ3) is 4.58. The summed E-state index contributed by atoms with van der Waals surface area (Å²) in [6, 6.07) is 19.4. The highest BCUT2D eigenvalue weighted by Gasteiger charge is 2.36. The molecule has 2 atom stereocenters. The fraction of sp³-hybridized carbons (Fsp3) is 0.292. The Hall–Kier alpha value is -2.07. The number of pyridine rings is 1. The molecule has 1 heterocycles. The zero-order valence-corrected chi connectivity index (χ0v) is 18.0. The van der Waals surface area contributed by atoms with Crippen LogP contribution in [-0.4, -0.2) is 11.1 Å². The number of hydrogen-bond donors (Lipinski definition) is 0. The number of para-hydroxylation sites is 1. The van der Waals surface area contributed by atoms with E-state index in [0.717, 1.165) is 17.9 Å². The quantitative estimate of drug-likeness (QED) is 0.421. The molecule has 0 bridgehead atoms. The minimum atomic E-state index is 0.0695. The largest absolute Gasteiger partial charge is 0.439 e. The second kappa shape index (κ2) is 8.74. The lowest BCUT2D eigenvalue weighted by Crippen LogP contribution is -2.22. The van der Waals surface area contributed by atoms with Gasteiger partial charge in [-0.15, -0.1) is 0 Å². The Morgan fingerprint density at radius 1 is 1.00 bits per heavy atom. The third-order valence-electron chi connectivity index (χ3n) is 5.27. The van der Waals surface area contributed by atoms with Crippen molar-refractivity contribution in [1.82, 2.24) is 4.98 Å². The van der Waals surface area contributed by atoms with Crippen molar-refractivity contribution in [2.24, 2.45) is 5.92 Å². The van der Waals surface area contributed by atoms with E-state index in [9.17, 15) is 0 Å². The molecule has 1 aliphatic rings. The van der Waals surface area contributed by atoms with Crippen LogP contribution in [0.5, 0.6) is 11.6 Å². The predicted molar refractivity (Wildman–Crippen MR) is 117 cm³/mol. The van der Waals surface area contributed by atoms with Gasteiger partial charge in [-0.05, 0) is 53.8 Å². The molecule has 0 N–H and O–H groups in total. The molecule has 0 saturated heterocycles. The highest BCUT2D eigenvalue weighted by Crippen LogP contribution is 2.43. The Morgan fingerprint density at radius 3 is 2.52 bits per heavy atom. The first-order chi connectivity index (χ1) is 14.0. The maximum Gasteiger partial charge on any atom is 0.219 e. The van der Waals surface area contributed by atoms with E-state index in [1.165, 1.54) is 11.1 Å². The summed E-state index contributed by atoms with van der Waals surface area (Å²) in [6.45, 7) is 4.85. The van der Waals surface area contributed by atoms with Gasteiger partial charge >= 0.3 is 0 Å². The van der Waals surface area contributed by atoms with Crippen LogP contribution in [0.1, 0.15) is 36.6 Å². The van der Waals surface area contributed by atoms with E-state index in [1.807, 2.05) is 60.7 Å². The van der Waals surface area contributed by atoms with Crippen molar-refractivity contribution in [1.29, 1.82) is 0 Å². The van der Waals surface area contributed by atoms with Crippen molar-refractivity contribution < 1.29 is 9.47 Å². The van der Waals surface area contributed by atoms with E-state index in [-0.39, 0.29) is 12.0 Å². The Balaban J connectivity index is 1.47. The van der Waals surface area contributed by atoms with Crippen molar-refractivity contribution in [2.75, 3.05) is 0 Å². The van der Waals surface area contributed by atoms with Gasteiger partial charge in [-0.1, -0.05) is 61.3 Å². The first-order valence-corrected chi connectivity index (χ1v) is 10.5. The molecule has 0 amide bonds. The van der Waals surface area contributed by atoms with Crippen molar-refractivity contribution in [3.63, 3.8) is 0 Å². The number of nitrogens with zero attached hydrogens (tertiary/aromatic N) is 1. The summed E-state index contributed by atoms with van der Waals surface area (Å²) in [5.41, 5.74) is 3.30. The zero-order valence-electron chi connectivity index (χ0n) is 16.4. The van der Waals surface area contributed by atoms with Crippen LogP contribution < -0.4 is 4.74 Å². The van der Waals surface area contributed by atoms with Crippen LogP contribution in [0.2, 0.25) is 10.0 Å². The minimum Gasteiger partial charge on any atom is -0.439 e. The number of ether oxygens (including phenoxy) is 2.